The zero-order chi connectivity index (χ0) is 9.59. The van der Waals surface area contributed by atoms with Gasteiger partial charge in [0.05, 0.1) is 5.56 Å². The number of nitrogens with one attached hydrogen (secondary N) is 1. The van der Waals surface area contributed by atoms with Crippen molar-refractivity contribution in [2.45, 2.75) is 13.5 Å². The molecule has 0 aromatic heterocycles. The molecule has 1 aromatic rings. The molecule has 2 N–H and O–H groups in total. The molecule has 1 heterocycles. The number of aryl methyl sites for hydroxylation is 1. The molecule has 1 aromatic carbocycles. The number of hydrogen-bond donors (Lipinski definition) is 2. The first kappa shape index (κ1) is 8.80. The molecule has 0 saturated heterocycles. The van der Waals surface area contributed by atoms with Gasteiger partial charge in [0.1, 0.15) is 5.75 Å². The van der Waals surface area contributed by atoms with E-state index in [2.05, 4.69) is 27.9 Å². The van der Waals surface area contributed by atoms with Gasteiger partial charge < -0.3 is 10.4 Å². The molecule has 0 atom stereocenters. The predicted octanol–water partition coefficient (Wildman–Crippen LogP) is 1.55. The molecule has 3 nitrogen and oxygen atoms in total. The van der Waals surface area contributed by atoms with Gasteiger partial charge in [-0.2, -0.15) is 0 Å². The molecule has 1 amide bonds. The Balaban J connectivity index is 2.76. The van der Waals surface area contributed by atoms with E-state index in [1.165, 1.54) is 0 Å². The van der Waals surface area contributed by atoms with Crippen LogP contribution >= 0.6 is 22.6 Å². The average molecular weight is 289 g/mol. The van der Waals surface area contributed by atoms with Gasteiger partial charge in [0.15, 0.2) is 0 Å². The Morgan fingerprint density at radius 3 is 3.00 bits per heavy atom. The molecule has 0 bridgehead atoms. The van der Waals surface area contributed by atoms with Crippen LogP contribution < -0.4 is 5.32 Å². The van der Waals surface area contributed by atoms with Crippen molar-refractivity contribution in [3.05, 3.63) is 26.3 Å². The fraction of sp³-hybridized carbons (Fsp3) is 0.222. The van der Waals surface area contributed by atoms with Gasteiger partial charge in [-0.1, -0.05) is 0 Å². The van der Waals surface area contributed by atoms with E-state index in [1.54, 1.807) is 0 Å². The van der Waals surface area contributed by atoms with E-state index >= 15 is 0 Å². The zero-order valence-corrected chi connectivity index (χ0v) is 9.18. The molecule has 1 aliphatic heterocycles. The van der Waals surface area contributed by atoms with Crippen LogP contribution in [-0.2, 0) is 6.54 Å². The van der Waals surface area contributed by atoms with E-state index in [-0.39, 0.29) is 11.7 Å². The van der Waals surface area contributed by atoms with Gasteiger partial charge in [0.25, 0.3) is 5.91 Å². The van der Waals surface area contributed by atoms with E-state index in [0.717, 1.165) is 14.7 Å². The Kier molecular flexibility index (Phi) is 1.94. The zero-order valence-electron chi connectivity index (χ0n) is 7.02. The van der Waals surface area contributed by atoms with Crippen molar-refractivity contribution in [2.75, 3.05) is 0 Å². The maximum atomic E-state index is 11.3. The molecular formula is C9H8INO2. The fourth-order valence-corrected chi connectivity index (χ4v) is 2.54. The fourth-order valence-electron chi connectivity index (χ4n) is 1.51. The number of benzene rings is 1. The average Bonchev–Trinajstić information content (AvgIpc) is 2.44. The SMILES string of the molecule is Cc1cc(I)c2c(c1O)CNC2=O. The van der Waals surface area contributed by atoms with Crippen molar-refractivity contribution in [3.8, 4) is 5.75 Å². The number of phenolic OH excluding ortho intramolecular Hbond substituents is 1. The smallest absolute Gasteiger partial charge is 0.253 e. The Morgan fingerprint density at radius 2 is 2.31 bits per heavy atom. The van der Waals surface area contributed by atoms with Crippen LogP contribution in [0, 0.1) is 10.5 Å². The van der Waals surface area contributed by atoms with Crippen LogP contribution in [0.25, 0.3) is 0 Å². The summed E-state index contributed by atoms with van der Waals surface area (Å²) in [5.74, 6) is 0.156. The highest BCUT2D eigenvalue weighted by molar-refractivity contribution is 14.1. The molecule has 13 heavy (non-hydrogen) atoms. The third-order valence-electron chi connectivity index (χ3n) is 2.20. The van der Waals surface area contributed by atoms with Crippen molar-refractivity contribution in [3.63, 3.8) is 0 Å². The number of carbonyl (C=O) groups is 1. The molecule has 0 aliphatic carbocycles. The molecule has 1 aliphatic rings. The highest BCUT2D eigenvalue weighted by Gasteiger charge is 2.25. The Labute approximate surface area is 89.3 Å². The quantitative estimate of drug-likeness (QED) is 0.712. The maximum absolute atomic E-state index is 11.3. The summed E-state index contributed by atoms with van der Waals surface area (Å²) >= 11 is 2.11. The first-order chi connectivity index (χ1) is 6.11. The van der Waals surface area contributed by atoms with Crippen LogP contribution in [0.5, 0.6) is 5.75 Å². The summed E-state index contributed by atoms with van der Waals surface area (Å²) in [4.78, 5) is 11.3. The molecule has 68 valence electrons. The van der Waals surface area contributed by atoms with Crippen LogP contribution in [-0.4, -0.2) is 11.0 Å². The normalized spacial score (nSPS) is 14.2. The standard InChI is InChI=1S/C9H8INO2/c1-4-2-6(10)7-5(8(4)12)3-11-9(7)13/h2,12H,3H2,1H3,(H,11,13). The molecule has 0 radical (unpaired) electrons. The minimum Gasteiger partial charge on any atom is -0.507 e. The predicted molar refractivity (Wildman–Crippen MR) is 56.7 cm³/mol. The number of halogens is 1. The highest BCUT2D eigenvalue weighted by atomic mass is 127. The summed E-state index contributed by atoms with van der Waals surface area (Å²) in [6.07, 6.45) is 0. The molecule has 2 rings (SSSR count). The minimum absolute atomic E-state index is 0.0882. The van der Waals surface area contributed by atoms with Crippen LogP contribution in [0.2, 0.25) is 0 Å². The number of hydrogen-bond acceptors (Lipinski definition) is 2. The number of fused-ring (bicyclic) bond motifs is 1. The molecule has 0 spiro atoms. The molecule has 0 fully saturated rings. The topological polar surface area (TPSA) is 49.3 Å². The Hall–Kier alpha value is -0.780. The minimum atomic E-state index is -0.0882. The summed E-state index contributed by atoms with van der Waals surface area (Å²) < 4.78 is 0.901. The van der Waals surface area contributed by atoms with Crippen molar-refractivity contribution < 1.29 is 9.90 Å². The number of phenols is 1. The van der Waals surface area contributed by atoms with Crippen molar-refractivity contribution in [1.82, 2.24) is 5.32 Å². The van der Waals surface area contributed by atoms with Crippen molar-refractivity contribution in [2.24, 2.45) is 0 Å². The highest BCUT2D eigenvalue weighted by Crippen LogP contribution is 2.32. The van der Waals surface area contributed by atoms with Crippen molar-refractivity contribution in [1.29, 1.82) is 0 Å². The van der Waals surface area contributed by atoms with Crippen molar-refractivity contribution >= 4 is 28.5 Å². The second-order valence-electron chi connectivity index (χ2n) is 3.06. The van der Waals surface area contributed by atoms with Gasteiger partial charge in [-0.15, -0.1) is 0 Å². The van der Waals surface area contributed by atoms with E-state index in [4.69, 9.17) is 0 Å². The van der Waals surface area contributed by atoms with Crippen LogP contribution in [0.3, 0.4) is 0 Å². The monoisotopic (exact) mass is 289 g/mol. The molecule has 0 unspecified atom stereocenters. The van der Waals surface area contributed by atoms with E-state index in [9.17, 15) is 9.90 Å². The molecule has 4 heteroatoms. The maximum Gasteiger partial charge on any atom is 0.253 e. The number of carbonyl (C=O) groups excluding carboxylic acids is 1. The Morgan fingerprint density at radius 1 is 1.62 bits per heavy atom. The second-order valence-corrected chi connectivity index (χ2v) is 4.22. The van der Waals surface area contributed by atoms with Crippen LogP contribution in [0.15, 0.2) is 6.07 Å². The number of aromatic hydroxyl groups is 1. The second kappa shape index (κ2) is 2.87. The van der Waals surface area contributed by atoms with E-state index in [0.29, 0.717) is 12.1 Å². The summed E-state index contributed by atoms with van der Waals surface area (Å²) in [5.41, 5.74) is 2.18. The van der Waals surface area contributed by atoms with Gasteiger partial charge in [0.2, 0.25) is 0 Å². The molecule has 0 saturated carbocycles. The first-order valence-corrected chi connectivity index (χ1v) is 4.98. The van der Waals surface area contributed by atoms with Gasteiger partial charge in [-0.05, 0) is 41.1 Å². The summed E-state index contributed by atoms with van der Waals surface area (Å²) in [6, 6.07) is 1.82. The van der Waals surface area contributed by atoms with E-state index < -0.39 is 0 Å². The largest absolute Gasteiger partial charge is 0.507 e. The lowest BCUT2D eigenvalue weighted by atomic mass is 10.1. The molecular weight excluding hydrogens is 281 g/mol. The number of amides is 1. The third-order valence-corrected chi connectivity index (χ3v) is 3.05. The summed E-state index contributed by atoms with van der Waals surface area (Å²) in [5, 5.41) is 12.4. The first-order valence-electron chi connectivity index (χ1n) is 3.90. The number of rotatable bonds is 0. The van der Waals surface area contributed by atoms with Crippen LogP contribution in [0.4, 0.5) is 0 Å². The van der Waals surface area contributed by atoms with Gasteiger partial charge >= 0.3 is 0 Å². The lowest BCUT2D eigenvalue weighted by Gasteiger charge is -2.05. The lowest BCUT2D eigenvalue weighted by molar-refractivity contribution is 0.0965. The van der Waals surface area contributed by atoms with Gasteiger partial charge in [-0.3, -0.25) is 4.79 Å². The van der Waals surface area contributed by atoms with Gasteiger partial charge in [-0.25, -0.2) is 0 Å². The van der Waals surface area contributed by atoms with Gasteiger partial charge in [0, 0.05) is 15.7 Å². The summed E-state index contributed by atoms with van der Waals surface area (Å²) in [6.45, 7) is 2.28. The third kappa shape index (κ3) is 1.20. The lowest BCUT2D eigenvalue weighted by Crippen LogP contribution is -2.13. The van der Waals surface area contributed by atoms with Crippen LogP contribution in [0.1, 0.15) is 21.5 Å². The Bertz CT molecular complexity index is 401. The summed E-state index contributed by atoms with van der Waals surface area (Å²) in [7, 11) is 0. The van der Waals surface area contributed by atoms with E-state index in [1.807, 2.05) is 13.0 Å².